The molecule has 2 fully saturated rings. The van der Waals surface area contributed by atoms with E-state index in [0.717, 1.165) is 29.7 Å². The zero-order valence-electron chi connectivity index (χ0n) is 15.7. The Morgan fingerprint density at radius 3 is 2.64 bits per heavy atom. The van der Waals surface area contributed by atoms with Crippen LogP contribution in [0.4, 0.5) is 4.79 Å². The second-order valence-electron chi connectivity index (χ2n) is 6.96. The number of urea groups is 1. The Labute approximate surface area is 167 Å². The molecule has 1 saturated heterocycles. The number of carbonyl (C=O) groups excluding carboxylic acids is 4. The van der Waals surface area contributed by atoms with Crippen molar-refractivity contribution >= 4 is 35.6 Å². The Kier molecular flexibility index (Phi) is 6.23. The van der Waals surface area contributed by atoms with Gasteiger partial charge in [-0.3, -0.25) is 19.8 Å². The number of thioether (sulfide) groups is 1. The molecule has 1 heterocycles. The molecule has 2 aliphatic rings. The molecule has 28 heavy (non-hydrogen) atoms. The molecule has 1 aromatic rings. The van der Waals surface area contributed by atoms with Crippen molar-refractivity contribution in [2.24, 2.45) is 0 Å². The summed E-state index contributed by atoms with van der Waals surface area (Å²) >= 11 is 1.32. The summed E-state index contributed by atoms with van der Waals surface area (Å²) in [7, 11) is 0. The fourth-order valence-corrected chi connectivity index (χ4v) is 4.24. The lowest BCUT2D eigenvalue weighted by atomic mass is 9.82. The van der Waals surface area contributed by atoms with Gasteiger partial charge in [-0.1, -0.05) is 37.5 Å². The number of amides is 4. The molecule has 1 aliphatic carbocycles. The molecule has 0 bridgehead atoms. The number of rotatable bonds is 6. The van der Waals surface area contributed by atoms with Gasteiger partial charge in [0.1, 0.15) is 5.54 Å². The van der Waals surface area contributed by atoms with Gasteiger partial charge < -0.3 is 10.1 Å². The van der Waals surface area contributed by atoms with Crippen LogP contribution in [-0.2, 0) is 19.1 Å². The first-order valence-corrected chi connectivity index (χ1v) is 10.2. The predicted octanol–water partition coefficient (Wildman–Crippen LogP) is 1.92. The van der Waals surface area contributed by atoms with Crippen LogP contribution < -0.4 is 10.7 Å². The van der Waals surface area contributed by atoms with E-state index in [1.54, 1.807) is 0 Å². The third-order valence-corrected chi connectivity index (χ3v) is 6.06. The minimum Gasteiger partial charge on any atom is -0.455 e. The molecular weight excluding hydrogens is 382 g/mol. The average molecular weight is 405 g/mol. The normalized spacial score (nSPS) is 18.1. The quantitative estimate of drug-likeness (QED) is 0.426. The molecule has 1 aliphatic heterocycles. The number of esters is 1. The Morgan fingerprint density at radius 1 is 1.21 bits per heavy atom. The van der Waals surface area contributed by atoms with E-state index in [-0.39, 0.29) is 5.75 Å². The molecule has 150 valence electrons. The van der Waals surface area contributed by atoms with Crippen molar-refractivity contribution < 1.29 is 23.9 Å². The lowest BCUT2D eigenvalue weighted by molar-refractivity contribution is -0.148. The van der Waals surface area contributed by atoms with E-state index in [2.05, 4.69) is 10.7 Å². The van der Waals surface area contributed by atoms with Crippen molar-refractivity contribution in [3.05, 3.63) is 29.8 Å². The number of benzene rings is 1. The minimum absolute atomic E-state index is 0.0599. The number of nitrogens with one attached hydrogen (secondary N) is 2. The van der Waals surface area contributed by atoms with Crippen LogP contribution in [0.15, 0.2) is 29.2 Å². The van der Waals surface area contributed by atoms with Gasteiger partial charge in [-0.05, 0) is 31.4 Å². The number of ether oxygens (including phenoxy) is 1. The van der Waals surface area contributed by atoms with Crippen LogP contribution in [0, 0.1) is 6.92 Å². The van der Waals surface area contributed by atoms with Crippen LogP contribution in [-0.4, -0.2) is 46.7 Å². The monoisotopic (exact) mass is 405 g/mol. The molecule has 1 spiro atoms. The molecule has 1 saturated carbocycles. The van der Waals surface area contributed by atoms with Crippen molar-refractivity contribution in [1.82, 2.24) is 15.8 Å². The zero-order valence-corrected chi connectivity index (χ0v) is 16.5. The van der Waals surface area contributed by atoms with E-state index in [1.807, 2.05) is 31.2 Å². The van der Waals surface area contributed by atoms with Crippen LogP contribution in [0.3, 0.4) is 0 Å². The molecule has 0 aromatic heterocycles. The van der Waals surface area contributed by atoms with Gasteiger partial charge >= 0.3 is 12.0 Å². The summed E-state index contributed by atoms with van der Waals surface area (Å²) in [5, 5.41) is 3.39. The molecule has 0 atom stereocenters. The highest BCUT2D eigenvalue weighted by molar-refractivity contribution is 8.00. The SMILES string of the molecule is Cc1ccccc1SCC(=O)OCC(=O)NN1C(=O)NC2(CCCCC2)C1=O. The predicted molar refractivity (Wildman–Crippen MR) is 102 cm³/mol. The van der Waals surface area contributed by atoms with Crippen LogP contribution in [0.5, 0.6) is 0 Å². The van der Waals surface area contributed by atoms with Crippen LogP contribution in [0.1, 0.15) is 37.7 Å². The molecule has 4 amide bonds. The second-order valence-corrected chi connectivity index (χ2v) is 7.98. The highest BCUT2D eigenvalue weighted by Crippen LogP contribution is 2.32. The summed E-state index contributed by atoms with van der Waals surface area (Å²) < 4.78 is 4.94. The summed E-state index contributed by atoms with van der Waals surface area (Å²) in [6.07, 6.45) is 3.85. The van der Waals surface area contributed by atoms with Gasteiger partial charge in [0.15, 0.2) is 6.61 Å². The molecule has 2 N–H and O–H groups in total. The Morgan fingerprint density at radius 2 is 1.93 bits per heavy atom. The molecule has 0 unspecified atom stereocenters. The largest absolute Gasteiger partial charge is 0.455 e. The summed E-state index contributed by atoms with van der Waals surface area (Å²) in [5.74, 6) is -1.67. The molecule has 9 heteroatoms. The van der Waals surface area contributed by atoms with E-state index in [9.17, 15) is 19.2 Å². The number of imide groups is 1. The molecule has 3 rings (SSSR count). The van der Waals surface area contributed by atoms with Crippen molar-refractivity contribution in [3.63, 3.8) is 0 Å². The first-order valence-electron chi connectivity index (χ1n) is 9.21. The second kappa shape index (κ2) is 8.64. The number of aryl methyl sites for hydroxylation is 1. The van der Waals surface area contributed by atoms with Crippen LogP contribution >= 0.6 is 11.8 Å². The van der Waals surface area contributed by atoms with E-state index in [1.165, 1.54) is 11.8 Å². The number of hydrogen-bond donors (Lipinski definition) is 2. The highest BCUT2D eigenvalue weighted by Gasteiger charge is 2.52. The molecule has 8 nitrogen and oxygen atoms in total. The van der Waals surface area contributed by atoms with Crippen LogP contribution in [0.2, 0.25) is 0 Å². The number of carbonyl (C=O) groups is 4. The van der Waals surface area contributed by atoms with Gasteiger partial charge in [0, 0.05) is 4.90 Å². The van der Waals surface area contributed by atoms with Crippen molar-refractivity contribution in [2.75, 3.05) is 12.4 Å². The van der Waals surface area contributed by atoms with Gasteiger partial charge in [-0.2, -0.15) is 5.01 Å². The number of hydrogen-bond acceptors (Lipinski definition) is 6. The number of hydrazine groups is 1. The fourth-order valence-electron chi connectivity index (χ4n) is 3.42. The maximum atomic E-state index is 12.6. The summed E-state index contributed by atoms with van der Waals surface area (Å²) in [4.78, 5) is 49.5. The van der Waals surface area contributed by atoms with E-state index in [4.69, 9.17) is 4.74 Å². The van der Waals surface area contributed by atoms with Crippen molar-refractivity contribution in [2.45, 2.75) is 49.5 Å². The molecular formula is C19H23N3O5S. The topological polar surface area (TPSA) is 105 Å². The van der Waals surface area contributed by atoms with Gasteiger partial charge in [-0.15, -0.1) is 11.8 Å². The third-order valence-electron chi connectivity index (χ3n) is 4.91. The van der Waals surface area contributed by atoms with Crippen molar-refractivity contribution in [3.8, 4) is 0 Å². The first-order chi connectivity index (χ1) is 13.4. The summed E-state index contributed by atoms with van der Waals surface area (Å²) in [6.45, 7) is 1.38. The third kappa shape index (κ3) is 4.46. The van der Waals surface area contributed by atoms with Crippen molar-refractivity contribution in [1.29, 1.82) is 0 Å². The first kappa shape index (κ1) is 20.2. The number of nitrogens with zero attached hydrogens (tertiary/aromatic N) is 1. The maximum Gasteiger partial charge on any atom is 0.344 e. The molecule has 1 aromatic carbocycles. The van der Waals surface area contributed by atoms with Gasteiger partial charge in [-0.25, -0.2) is 4.79 Å². The van der Waals surface area contributed by atoms with E-state index in [0.29, 0.717) is 17.9 Å². The van der Waals surface area contributed by atoms with Gasteiger partial charge in [0.05, 0.1) is 5.75 Å². The molecule has 0 radical (unpaired) electrons. The van der Waals surface area contributed by atoms with E-state index >= 15 is 0 Å². The van der Waals surface area contributed by atoms with Gasteiger partial charge in [0.25, 0.3) is 11.8 Å². The standard InChI is InChI=1S/C19H23N3O5S/c1-13-7-3-4-8-14(13)28-12-16(24)27-11-15(23)21-22-17(25)19(20-18(22)26)9-5-2-6-10-19/h3-4,7-8H,2,5-6,9-12H2,1H3,(H,20,26)(H,21,23). The summed E-state index contributed by atoms with van der Waals surface area (Å²) in [5.41, 5.74) is 2.37. The summed E-state index contributed by atoms with van der Waals surface area (Å²) in [6, 6.07) is 6.99. The van der Waals surface area contributed by atoms with Gasteiger partial charge in [0.2, 0.25) is 0 Å². The Bertz CT molecular complexity index is 792. The lowest BCUT2D eigenvalue weighted by Gasteiger charge is -2.30. The minimum atomic E-state index is -0.913. The zero-order chi connectivity index (χ0) is 20.1. The lowest BCUT2D eigenvalue weighted by Crippen LogP contribution is -2.51. The van der Waals surface area contributed by atoms with Crippen LogP contribution in [0.25, 0.3) is 0 Å². The average Bonchev–Trinajstić information content (AvgIpc) is 2.90. The Hall–Kier alpha value is -2.55. The highest BCUT2D eigenvalue weighted by atomic mass is 32.2. The Balaban J connectivity index is 1.45. The smallest absolute Gasteiger partial charge is 0.344 e. The maximum absolute atomic E-state index is 12.6. The van der Waals surface area contributed by atoms with E-state index < -0.39 is 36.0 Å². The fraction of sp³-hybridized carbons (Fsp3) is 0.474.